The van der Waals surface area contributed by atoms with E-state index >= 15 is 0 Å². The molecule has 5 heteroatoms. The molecule has 0 aromatic heterocycles. The third-order valence-electron chi connectivity index (χ3n) is 3.63. The Morgan fingerprint density at radius 1 is 1.47 bits per heavy atom. The molecule has 2 rings (SSSR count). The lowest BCUT2D eigenvalue weighted by Crippen LogP contribution is -2.48. The lowest BCUT2D eigenvalue weighted by atomic mass is 10.1. The van der Waals surface area contributed by atoms with Gasteiger partial charge in [0, 0.05) is 11.7 Å². The van der Waals surface area contributed by atoms with E-state index in [0.717, 1.165) is 19.3 Å². The Labute approximate surface area is 106 Å². The van der Waals surface area contributed by atoms with E-state index < -0.39 is 12.0 Å². The molecule has 0 spiro atoms. The van der Waals surface area contributed by atoms with Crippen molar-refractivity contribution >= 4 is 23.6 Å². The van der Waals surface area contributed by atoms with Crippen molar-refractivity contribution in [3.05, 3.63) is 0 Å². The number of hydrogen-bond acceptors (Lipinski definition) is 3. The van der Waals surface area contributed by atoms with Crippen LogP contribution in [0.2, 0.25) is 0 Å². The zero-order valence-electron chi connectivity index (χ0n) is 10.3. The highest BCUT2D eigenvalue weighted by Gasteiger charge is 2.48. The SMILES string of the molecule is CCC(C)C(=O)N1C(C(=O)O)CSC1C1CC1. The van der Waals surface area contributed by atoms with Crippen LogP contribution in [0.1, 0.15) is 33.1 Å². The molecular weight excluding hydrogens is 238 g/mol. The normalized spacial score (nSPS) is 30.4. The Kier molecular flexibility index (Phi) is 3.66. The summed E-state index contributed by atoms with van der Waals surface area (Å²) < 4.78 is 0. The third kappa shape index (κ3) is 2.44. The Balaban J connectivity index is 2.16. The lowest BCUT2D eigenvalue weighted by molar-refractivity contribution is -0.151. The highest BCUT2D eigenvalue weighted by atomic mass is 32.2. The van der Waals surface area contributed by atoms with Gasteiger partial charge in [-0.2, -0.15) is 0 Å². The van der Waals surface area contributed by atoms with E-state index in [1.165, 1.54) is 0 Å². The van der Waals surface area contributed by atoms with E-state index in [1.807, 2.05) is 13.8 Å². The van der Waals surface area contributed by atoms with Crippen LogP contribution in [-0.4, -0.2) is 39.1 Å². The van der Waals surface area contributed by atoms with Gasteiger partial charge in [-0.1, -0.05) is 13.8 Å². The van der Waals surface area contributed by atoms with Gasteiger partial charge in [-0.3, -0.25) is 4.79 Å². The quantitative estimate of drug-likeness (QED) is 0.834. The van der Waals surface area contributed by atoms with Crippen LogP contribution < -0.4 is 0 Å². The molecule has 1 aliphatic carbocycles. The molecule has 1 heterocycles. The first kappa shape index (κ1) is 12.7. The number of amides is 1. The summed E-state index contributed by atoms with van der Waals surface area (Å²) in [6, 6.07) is -0.618. The number of hydrogen-bond donors (Lipinski definition) is 1. The van der Waals surface area contributed by atoms with Gasteiger partial charge in [-0.15, -0.1) is 11.8 Å². The summed E-state index contributed by atoms with van der Waals surface area (Å²) in [5.41, 5.74) is 0. The predicted octanol–water partition coefficient (Wildman–Crippen LogP) is 1.80. The molecule has 1 saturated heterocycles. The van der Waals surface area contributed by atoms with Crippen molar-refractivity contribution in [2.45, 2.75) is 44.5 Å². The van der Waals surface area contributed by atoms with Gasteiger partial charge in [0.2, 0.25) is 5.91 Å². The van der Waals surface area contributed by atoms with Crippen molar-refractivity contribution in [3.8, 4) is 0 Å². The highest BCUT2D eigenvalue weighted by molar-refractivity contribution is 8.00. The monoisotopic (exact) mass is 257 g/mol. The first-order valence-electron chi connectivity index (χ1n) is 6.22. The number of rotatable bonds is 4. The van der Waals surface area contributed by atoms with Crippen LogP contribution >= 0.6 is 11.8 Å². The van der Waals surface area contributed by atoms with E-state index in [2.05, 4.69) is 0 Å². The first-order valence-corrected chi connectivity index (χ1v) is 7.27. The van der Waals surface area contributed by atoms with Crippen molar-refractivity contribution < 1.29 is 14.7 Å². The number of nitrogens with zero attached hydrogens (tertiary/aromatic N) is 1. The number of aliphatic carboxylic acids is 1. The zero-order valence-corrected chi connectivity index (χ0v) is 11.1. The average molecular weight is 257 g/mol. The smallest absolute Gasteiger partial charge is 0.327 e. The largest absolute Gasteiger partial charge is 0.480 e. The van der Waals surface area contributed by atoms with E-state index in [4.69, 9.17) is 0 Å². The van der Waals surface area contributed by atoms with Crippen molar-refractivity contribution in [2.75, 3.05) is 5.75 Å². The Bertz CT molecular complexity index is 330. The van der Waals surface area contributed by atoms with Gasteiger partial charge in [0.1, 0.15) is 6.04 Å². The Morgan fingerprint density at radius 3 is 2.59 bits per heavy atom. The van der Waals surface area contributed by atoms with Crippen molar-refractivity contribution in [1.29, 1.82) is 0 Å². The molecule has 0 aromatic rings. The van der Waals surface area contributed by atoms with E-state index in [1.54, 1.807) is 16.7 Å². The molecule has 1 saturated carbocycles. The van der Waals surface area contributed by atoms with Gasteiger partial charge in [0.05, 0.1) is 5.37 Å². The number of carboxylic acids is 1. The molecule has 0 radical (unpaired) electrons. The summed E-state index contributed by atoms with van der Waals surface area (Å²) in [6.45, 7) is 3.85. The van der Waals surface area contributed by atoms with Crippen molar-refractivity contribution in [1.82, 2.24) is 4.90 Å². The fourth-order valence-electron chi connectivity index (χ4n) is 2.17. The minimum absolute atomic E-state index is 0.0156. The molecule has 1 aliphatic heterocycles. The Hall–Kier alpha value is -0.710. The molecule has 2 fully saturated rings. The summed E-state index contributed by atoms with van der Waals surface area (Å²) in [5, 5.41) is 9.31. The van der Waals surface area contributed by atoms with Crippen molar-refractivity contribution in [3.63, 3.8) is 0 Å². The second kappa shape index (κ2) is 4.88. The van der Waals surface area contributed by atoms with Crippen LogP contribution in [0.25, 0.3) is 0 Å². The maximum atomic E-state index is 12.3. The second-order valence-corrected chi connectivity index (χ2v) is 6.12. The minimum Gasteiger partial charge on any atom is -0.480 e. The molecule has 3 atom stereocenters. The summed E-state index contributed by atoms with van der Waals surface area (Å²) in [4.78, 5) is 25.1. The third-order valence-corrected chi connectivity index (χ3v) is 5.10. The molecular formula is C12H19NO3S. The van der Waals surface area contributed by atoms with Crippen LogP contribution in [-0.2, 0) is 9.59 Å². The van der Waals surface area contributed by atoms with Crippen LogP contribution in [0.15, 0.2) is 0 Å². The number of carboxylic acid groups (broad SMARTS) is 1. The Morgan fingerprint density at radius 2 is 2.12 bits per heavy atom. The standard InChI is InChI=1S/C12H19NO3S/c1-3-7(2)10(14)13-9(12(15)16)6-17-11(13)8-4-5-8/h7-9,11H,3-6H2,1-2H3,(H,15,16). The first-order chi connectivity index (χ1) is 8.06. The molecule has 1 N–H and O–H groups in total. The predicted molar refractivity (Wildman–Crippen MR) is 66.7 cm³/mol. The van der Waals surface area contributed by atoms with E-state index in [9.17, 15) is 14.7 Å². The highest BCUT2D eigenvalue weighted by Crippen LogP contribution is 2.45. The second-order valence-electron chi connectivity index (χ2n) is 4.97. The van der Waals surface area contributed by atoms with Gasteiger partial charge < -0.3 is 10.0 Å². The lowest BCUT2D eigenvalue weighted by Gasteiger charge is -2.29. The molecule has 3 unspecified atom stereocenters. The van der Waals surface area contributed by atoms with Gasteiger partial charge in [0.15, 0.2) is 0 Å². The summed E-state index contributed by atoms with van der Waals surface area (Å²) in [5.74, 6) is 0.145. The van der Waals surface area contributed by atoms with E-state index in [-0.39, 0.29) is 17.2 Å². The molecule has 96 valence electrons. The van der Waals surface area contributed by atoms with E-state index in [0.29, 0.717) is 11.7 Å². The van der Waals surface area contributed by atoms with Gasteiger partial charge in [-0.05, 0) is 25.2 Å². The zero-order chi connectivity index (χ0) is 12.6. The minimum atomic E-state index is -0.864. The van der Waals surface area contributed by atoms with Crippen LogP contribution in [0.5, 0.6) is 0 Å². The number of carbonyl (C=O) groups excluding carboxylic acids is 1. The summed E-state index contributed by atoms with van der Waals surface area (Å²) in [6.07, 6.45) is 3.03. The molecule has 17 heavy (non-hydrogen) atoms. The van der Waals surface area contributed by atoms with Crippen LogP contribution in [0.4, 0.5) is 0 Å². The fraction of sp³-hybridized carbons (Fsp3) is 0.833. The maximum absolute atomic E-state index is 12.3. The average Bonchev–Trinajstić information content (AvgIpc) is 3.05. The summed E-state index contributed by atoms with van der Waals surface area (Å²) >= 11 is 1.64. The number of thioether (sulfide) groups is 1. The fourth-order valence-corrected chi connectivity index (χ4v) is 3.81. The summed E-state index contributed by atoms with van der Waals surface area (Å²) in [7, 11) is 0. The maximum Gasteiger partial charge on any atom is 0.327 e. The molecule has 2 aliphatic rings. The van der Waals surface area contributed by atoms with Crippen LogP contribution in [0.3, 0.4) is 0 Å². The van der Waals surface area contributed by atoms with Gasteiger partial charge >= 0.3 is 5.97 Å². The van der Waals surface area contributed by atoms with Crippen LogP contribution in [0, 0.1) is 11.8 Å². The molecule has 0 bridgehead atoms. The molecule has 0 aromatic carbocycles. The molecule has 1 amide bonds. The van der Waals surface area contributed by atoms with Gasteiger partial charge in [0.25, 0.3) is 0 Å². The topological polar surface area (TPSA) is 57.6 Å². The van der Waals surface area contributed by atoms with Crippen molar-refractivity contribution in [2.24, 2.45) is 11.8 Å². The number of carbonyl (C=O) groups is 2. The van der Waals surface area contributed by atoms with Gasteiger partial charge in [-0.25, -0.2) is 4.79 Å². The molecule has 4 nitrogen and oxygen atoms in total.